The molecule has 0 radical (unpaired) electrons. The van der Waals surface area contributed by atoms with Gasteiger partial charge in [0.1, 0.15) is 6.04 Å². The van der Waals surface area contributed by atoms with E-state index in [0.717, 1.165) is 0 Å². The molecule has 1 aromatic heterocycles. The summed E-state index contributed by atoms with van der Waals surface area (Å²) in [6.45, 7) is 2.07. The minimum absolute atomic E-state index is 0.0383. The van der Waals surface area contributed by atoms with E-state index in [4.69, 9.17) is 10.8 Å². The third kappa shape index (κ3) is 6.04. The molecule has 6 N–H and O–H groups in total. The van der Waals surface area contributed by atoms with Crippen LogP contribution in [-0.2, 0) is 4.79 Å². The molecule has 21 heavy (non-hydrogen) atoms. The summed E-state index contributed by atoms with van der Waals surface area (Å²) in [5, 5.41) is 13.6. The Labute approximate surface area is 121 Å². The normalized spacial score (nSPS) is 11.7. The lowest BCUT2D eigenvalue weighted by Gasteiger charge is -2.14. The first kappa shape index (κ1) is 16.6. The van der Waals surface area contributed by atoms with Crippen molar-refractivity contribution in [3.63, 3.8) is 0 Å². The van der Waals surface area contributed by atoms with Crippen molar-refractivity contribution in [2.24, 2.45) is 5.73 Å². The zero-order chi connectivity index (χ0) is 15.8. The number of aliphatic carboxylic acids is 1. The maximum absolute atomic E-state index is 11.7. The second-order valence-electron chi connectivity index (χ2n) is 4.51. The number of hydrogen-bond acceptors (Lipinski definition) is 5. The van der Waals surface area contributed by atoms with Crippen molar-refractivity contribution in [3.8, 4) is 0 Å². The van der Waals surface area contributed by atoms with E-state index >= 15 is 0 Å². The van der Waals surface area contributed by atoms with Crippen LogP contribution in [0.25, 0.3) is 0 Å². The van der Waals surface area contributed by atoms with Gasteiger partial charge in [0.25, 0.3) is 5.56 Å². The molecule has 0 aromatic carbocycles. The number of carbonyl (C=O) groups is 2. The number of aromatic nitrogens is 2. The first-order valence-electron chi connectivity index (χ1n) is 6.50. The number of carboxylic acid groups (broad SMARTS) is 1. The number of H-pyrrole nitrogens is 1. The molecule has 1 rings (SSSR count). The van der Waals surface area contributed by atoms with Crippen LogP contribution < -0.4 is 21.9 Å². The third-order valence-electron chi connectivity index (χ3n) is 2.65. The molecule has 1 heterocycles. The monoisotopic (exact) mass is 297 g/mol. The molecule has 9 heteroatoms. The molecule has 0 saturated heterocycles. The average Bonchev–Trinajstić information content (AvgIpc) is 2.36. The van der Waals surface area contributed by atoms with Gasteiger partial charge in [-0.2, -0.15) is 0 Å². The van der Waals surface area contributed by atoms with Gasteiger partial charge in [-0.25, -0.2) is 14.6 Å². The highest BCUT2D eigenvalue weighted by Crippen LogP contribution is 2.02. The molecular formula is C12H19N5O4. The summed E-state index contributed by atoms with van der Waals surface area (Å²) >= 11 is 0. The molecule has 1 aromatic rings. The lowest BCUT2D eigenvalue weighted by molar-refractivity contribution is -0.139. The Morgan fingerprint density at radius 2 is 2.19 bits per heavy atom. The van der Waals surface area contributed by atoms with Crippen LogP contribution in [0.3, 0.4) is 0 Å². The number of carboxylic acids is 1. The van der Waals surface area contributed by atoms with Gasteiger partial charge in [0, 0.05) is 11.8 Å². The van der Waals surface area contributed by atoms with Crippen LogP contribution in [0.4, 0.5) is 10.7 Å². The summed E-state index contributed by atoms with van der Waals surface area (Å²) in [4.78, 5) is 40.2. The van der Waals surface area contributed by atoms with Gasteiger partial charge in [0.2, 0.25) is 5.95 Å². The summed E-state index contributed by atoms with van der Waals surface area (Å²) in [5.41, 5.74) is 5.36. The lowest BCUT2D eigenvalue weighted by atomic mass is 10.1. The van der Waals surface area contributed by atoms with Gasteiger partial charge in [0.15, 0.2) is 0 Å². The van der Waals surface area contributed by atoms with Crippen molar-refractivity contribution >= 4 is 17.9 Å². The number of aryl methyl sites for hydroxylation is 1. The van der Waals surface area contributed by atoms with Crippen molar-refractivity contribution in [2.45, 2.75) is 32.2 Å². The van der Waals surface area contributed by atoms with E-state index in [1.807, 2.05) is 0 Å². The van der Waals surface area contributed by atoms with Gasteiger partial charge in [-0.15, -0.1) is 0 Å². The number of amides is 2. The Kier molecular flexibility index (Phi) is 6.34. The van der Waals surface area contributed by atoms with Crippen LogP contribution in [-0.4, -0.2) is 39.7 Å². The highest BCUT2D eigenvalue weighted by molar-refractivity contribution is 5.90. The van der Waals surface area contributed by atoms with E-state index in [1.165, 1.54) is 6.07 Å². The number of rotatable bonds is 7. The Morgan fingerprint density at radius 3 is 2.76 bits per heavy atom. The summed E-state index contributed by atoms with van der Waals surface area (Å²) in [7, 11) is 0. The fraction of sp³-hybridized carbons (Fsp3) is 0.500. The molecule has 0 saturated carbocycles. The molecule has 9 nitrogen and oxygen atoms in total. The van der Waals surface area contributed by atoms with Crippen LogP contribution in [0.15, 0.2) is 10.9 Å². The first-order valence-corrected chi connectivity index (χ1v) is 6.50. The van der Waals surface area contributed by atoms with Gasteiger partial charge in [-0.3, -0.25) is 15.1 Å². The zero-order valence-corrected chi connectivity index (χ0v) is 11.7. The molecule has 116 valence electrons. The van der Waals surface area contributed by atoms with E-state index < -0.39 is 23.6 Å². The van der Waals surface area contributed by atoms with Crippen molar-refractivity contribution in [1.82, 2.24) is 15.3 Å². The quantitative estimate of drug-likeness (QED) is 0.439. The number of carbonyl (C=O) groups excluding carboxylic acids is 1. The summed E-state index contributed by atoms with van der Waals surface area (Å²) in [6.07, 6.45) is 1.55. The van der Waals surface area contributed by atoms with Crippen LogP contribution in [0.5, 0.6) is 0 Å². The number of nitrogens with one attached hydrogen (secondary N) is 3. The minimum Gasteiger partial charge on any atom is -0.480 e. The van der Waals surface area contributed by atoms with Gasteiger partial charge >= 0.3 is 12.0 Å². The largest absolute Gasteiger partial charge is 0.480 e. The van der Waals surface area contributed by atoms with Crippen LogP contribution in [0.2, 0.25) is 0 Å². The Morgan fingerprint density at radius 1 is 1.48 bits per heavy atom. The van der Waals surface area contributed by atoms with E-state index in [9.17, 15) is 14.4 Å². The second-order valence-corrected chi connectivity index (χ2v) is 4.51. The van der Waals surface area contributed by atoms with Crippen molar-refractivity contribution in [3.05, 3.63) is 22.1 Å². The highest BCUT2D eigenvalue weighted by atomic mass is 16.4. The molecule has 0 bridgehead atoms. The second kappa shape index (κ2) is 8.00. The predicted octanol–water partition coefficient (Wildman–Crippen LogP) is -0.218. The maximum atomic E-state index is 11.7. The molecule has 1 unspecified atom stereocenters. The van der Waals surface area contributed by atoms with Crippen molar-refractivity contribution in [1.29, 1.82) is 0 Å². The average molecular weight is 297 g/mol. The molecule has 1 atom stereocenters. The fourth-order valence-electron chi connectivity index (χ4n) is 1.69. The van der Waals surface area contributed by atoms with Gasteiger partial charge in [-0.1, -0.05) is 0 Å². The molecule has 0 aliphatic carbocycles. The Hall–Kier alpha value is -2.42. The number of nitrogens with zero attached hydrogens (tertiary/aromatic N) is 1. The number of unbranched alkanes of at least 4 members (excludes halogenated alkanes) is 1. The van der Waals surface area contributed by atoms with E-state index in [2.05, 4.69) is 20.6 Å². The SMILES string of the molecule is Cc1cc(=O)[nH]c(NC(=O)NC(CCCCN)C(=O)O)n1. The lowest BCUT2D eigenvalue weighted by Crippen LogP contribution is -2.43. The van der Waals surface area contributed by atoms with E-state index in [0.29, 0.717) is 25.1 Å². The van der Waals surface area contributed by atoms with Gasteiger partial charge < -0.3 is 16.2 Å². The fourth-order valence-corrected chi connectivity index (χ4v) is 1.69. The van der Waals surface area contributed by atoms with E-state index in [-0.39, 0.29) is 12.4 Å². The van der Waals surface area contributed by atoms with Gasteiger partial charge in [-0.05, 0) is 32.7 Å². The van der Waals surface area contributed by atoms with Crippen molar-refractivity contribution < 1.29 is 14.7 Å². The minimum atomic E-state index is -1.13. The van der Waals surface area contributed by atoms with Crippen LogP contribution >= 0.6 is 0 Å². The third-order valence-corrected chi connectivity index (χ3v) is 2.65. The molecule has 2 amide bonds. The summed E-state index contributed by atoms with van der Waals surface area (Å²) < 4.78 is 0. The number of anilines is 1. The van der Waals surface area contributed by atoms with E-state index in [1.54, 1.807) is 6.92 Å². The number of nitrogens with two attached hydrogens (primary N) is 1. The van der Waals surface area contributed by atoms with Crippen molar-refractivity contribution in [2.75, 3.05) is 11.9 Å². The molecule has 0 aliphatic heterocycles. The molecule has 0 fully saturated rings. The highest BCUT2D eigenvalue weighted by Gasteiger charge is 2.19. The zero-order valence-electron chi connectivity index (χ0n) is 11.7. The maximum Gasteiger partial charge on any atom is 0.326 e. The molecular weight excluding hydrogens is 278 g/mol. The molecule has 0 aliphatic rings. The molecule has 0 spiro atoms. The summed E-state index contributed by atoms with van der Waals surface area (Å²) in [5.74, 6) is -1.17. The number of aromatic amines is 1. The smallest absolute Gasteiger partial charge is 0.326 e. The Balaban J connectivity index is 2.60. The summed E-state index contributed by atoms with van der Waals surface area (Å²) in [6, 6.07) is -0.493. The standard InChI is InChI=1S/C12H19N5O4/c1-7-6-9(18)16-11(14-7)17-12(21)15-8(10(19)20)4-2-3-5-13/h6,8H,2-5,13H2,1H3,(H,19,20)(H3,14,15,16,17,18,21). The number of urea groups is 1. The first-order chi connectivity index (χ1) is 9.92. The topological polar surface area (TPSA) is 150 Å². The van der Waals surface area contributed by atoms with Crippen LogP contribution in [0.1, 0.15) is 25.0 Å². The van der Waals surface area contributed by atoms with Crippen LogP contribution in [0, 0.1) is 6.92 Å². The number of hydrogen-bond donors (Lipinski definition) is 5. The predicted molar refractivity (Wildman–Crippen MR) is 76.1 cm³/mol. The Bertz CT molecular complexity index is 557. The van der Waals surface area contributed by atoms with Gasteiger partial charge in [0.05, 0.1) is 0 Å².